The van der Waals surface area contributed by atoms with Crippen molar-refractivity contribution in [1.82, 2.24) is 5.32 Å². The molecule has 0 aliphatic heterocycles. The second-order valence-corrected chi connectivity index (χ2v) is 8.67. The van der Waals surface area contributed by atoms with Crippen molar-refractivity contribution in [3.8, 4) is 0 Å². The van der Waals surface area contributed by atoms with Crippen LogP contribution in [-0.2, 0) is 4.79 Å². The van der Waals surface area contributed by atoms with Crippen molar-refractivity contribution >= 4 is 17.7 Å². The van der Waals surface area contributed by atoms with Crippen LogP contribution >= 0.6 is 0 Å². The molecular formula is C26H30F6N2O. The van der Waals surface area contributed by atoms with E-state index in [1.54, 1.807) is 58.0 Å². The fraction of sp³-hybridized carbons (Fsp3) is 0.423. The number of hydrogen-bond acceptors (Lipinski definition) is 2. The number of alkyl halides is 6. The molecule has 2 aromatic carbocycles. The number of anilines is 1. The van der Waals surface area contributed by atoms with Crippen molar-refractivity contribution in [2.24, 2.45) is 0 Å². The molecule has 0 radical (unpaired) electrons. The normalized spacial score (nSPS) is 14.1. The van der Waals surface area contributed by atoms with E-state index in [1.807, 2.05) is 12.2 Å². The maximum atomic E-state index is 13.8. The Labute approximate surface area is 201 Å². The molecule has 0 aliphatic carbocycles. The number of carbonyl (C=O) groups is 1. The number of carbonyl (C=O) groups excluding carboxylic acids is 1. The average molecular weight is 501 g/mol. The largest absolute Gasteiger partial charge is 0.405 e. The highest BCUT2D eigenvalue weighted by Gasteiger charge is 2.39. The number of halogens is 6. The summed E-state index contributed by atoms with van der Waals surface area (Å²) in [6.45, 7) is 7.37. The Morgan fingerprint density at radius 1 is 0.943 bits per heavy atom. The van der Waals surface area contributed by atoms with Gasteiger partial charge in [0, 0.05) is 5.69 Å². The zero-order valence-electron chi connectivity index (χ0n) is 20.3. The SMILES string of the molecule is CCC(Nc1ccc(/C=C/C(c2cc(C)c(C)c(C)c2)C(F)(F)F)cc1C)C(=O)NCC(F)(F)F. The third-order valence-corrected chi connectivity index (χ3v) is 5.91. The molecule has 0 aliphatic rings. The first kappa shape index (κ1) is 28.3. The van der Waals surface area contributed by atoms with Gasteiger partial charge in [-0.25, -0.2) is 0 Å². The quantitative estimate of drug-likeness (QED) is 0.378. The molecule has 2 N–H and O–H groups in total. The molecule has 3 nitrogen and oxygen atoms in total. The van der Waals surface area contributed by atoms with E-state index in [4.69, 9.17) is 0 Å². The molecule has 2 atom stereocenters. The van der Waals surface area contributed by atoms with Gasteiger partial charge >= 0.3 is 12.4 Å². The molecule has 35 heavy (non-hydrogen) atoms. The van der Waals surface area contributed by atoms with Crippen molar-refractivity contribution in [3.05, 3.63) is 69.8 Å². The van der Waals surface area contributed by atoms with Gasteiger partial charge in [0.2, 0.25) is 5.91 Å². The number of benzene rings is 2. The molecule has 0 saturated heterocycles. The van der Waals surface area contributed by atoms with E-state index in [0.29, 0.717) is 16.8 Å². The van der Waals surface area contributed by atoms with Crippen LogP contribution in [0.1, 0.15) is 52.6 Å². The maximum Gasteiger partial charge on any atom is 0.405 e. The van der Waals surface area contributed by atoms with Crippen LogP contribution in [0, 0.1) is 27.7 Å². The molecule has 9 heteroatoms. The fourth-order valence-corrected chi connectivity index (χ4v) is 3.67. The fourth-order valence-electron chi connectivity index (χ4n) is 3.67. The summed E-state index contributed by atoms with van der Waals surface area (Å²) in [5.74, 6) is -2.56. The van der Waals surface area contributed by atoms with E-state index in [1.165, 1.54) is 6.08 Å². The smallest absolute Gasteiger partial charge is 0.373 e. The summed E-state index contributed by atoms with van der Waals surface area (Å²) in [5, 5.41) is 4.76. The highest BCUT2D eigenvalue weighted by Crippen LogP contribution is 2.38. The maximum absolute atomic E-state index is 13.8. The van der Waals surface area contributed by atoms with Crippen LogP contribution in [0.4, 0.5) is 32.0 Å². The minimum Gasteiger partial charge on any atom is -0.373 e. The topological polar surface area (TPSA) is 41.1 Å². The van der Waals surface area contributed by atoms with Gasteiger partial charge in [0.15, 0.2) is 0 Å². The highest BCUT2D eigenvalue weighted by atomic mass is 19.4. The van der Waals surface area contributed by atoms with Gasteiger partial charge in [-0.2, -0.15) is 26.3 Å². The zero-order chi connectivity index (χ0) is 26.6. The molecule has 1 amide bonds. The van der Waals surface area contributed by atoms with Crippen molar-refractivity contribution in [3.63, 3.8) is 0 Å². The average Bonchev–Trinajstić information content (AvgIpc) is 2.74. The molecule has 2 unspecified atom stereocenters. The van der Waals surface area contributed by atoms with Crippen LogP contribution in [-0.4, -0.2) is 30.8 Å². The van der Waals surface area contributed by atoms with Crippen LogP contribution in [0.3, 0.4) is 0 Å². The van der Waals surface area contributed by atoms with Gasteiger partial charge in [-0.05, 0) is 79.6 Å². The van der Waals surface area contributed by atoms with Gasteiger partial charge in [0.05, 0.1) is 5.92 Å². The van der Waals surface area contributed by atoms with Gasteiger partial charge in [-0.3, -0.25) is 4.79 Å². The third kappa shape index (κ3) is 8.04. The van der Waals surface area contributed by atoms with Crippen LogP contribution in [0.2, 0.25) is 0 Å². The lowest BCUT2D eigenvalue weighted by Crippen LogP contribution is -2.43. The minimum atomic E-state index is -4.51. The molecule has 0 spiro atoms. The lowest BCUT2D eigenvalue weighted by molar-refractivity contribution is -0.139. The number of aryl methyl sites for hydroxylation is 3. The molecule has 2 aromatic rings. The lowest BCUT2D eigenvalue weighted by Gasteiger charge is -2.20. The number of rotatable bonds is 8. The van der Waals surface area contributed by atoms with Crippen molar-refractivity contribution < 1.29 is 31.1 Å². The van der Waals surface area contributed by atoms with Gasteiger partial charge in [0.25, 0.3) is 0 Å². The number of amides is 1. The number of nitrogens with one attached hydrogen (secondary N) is 2. The Balaban J connectivity index is 2.23. The van der Waals surface area contributed by atoms with Gasteiger partial charge in [-0.15, -0.1) is 0 Å². The van der Waals surface area contributed by atoms with E-state index >= 15 is 0 Å². The molecule has 0 saturated carbocycles. The monoisotopic (exact) mass is 500 g/mol. The van der Waals surface area contributed by atoms with E-state index in [9.17, 15) is 31.1 Å². The molecule has 0 heterocycles. The van der Waals surface area contributed by atoms with E-state index in [-0.39, 0.29) is 12.0 Å². The minimum absolute atomic E-state index is 0.167. The summed E-state index contributed by atoms with van der Waals surface area (Å²) in [6, 6.07) is 7.05. The van der Waals surface area contributed by atoms with Gasteiger partial charge in [0.1, 0.15) is 12.6 Å². The zero-order valence-corrected chi connectivity index (χ0v) is 20.3. The summed E-state index contributed by atoms with van der Waals surface area (Å²) in [7, 11) is 0. The Morgan fingerprint density at radius 2 is 1.54 bits per heavy atom. The second-order valence-electron chi connectivity index (χ2n) is 8.67. The Morgan fingerprint density at radius 3 is 2.03 bits per heavy atom. The summed E-state index contributed by atoms with van der Waals surface area (Å²) < 4.78 is 78.6. The third-order valence-electron chi connectivity index (χ3n) is 5.91. The van der Waals surface area contributed by atoms with E-state index in [2.05, 4.69) is 5.32 Å². The Bertz CT molecular complexity index is 1050. The number of hydrogen-bond donors (Lipinski definition) is 2. The highest BCUT2D eigenvalue weighted by molar-refractivity contribution is 5.85. The molecule has 0 fully saturated rings. The summed E-state index contributed by atoms with van der Waals surface area (Å²) >= 11 is 0. The van der Waals surface area contributed by atoms with Crippen LogP contribution < -0.4 is 10.6 Å². The first-order valence-electron chi connectivity index (χ1n) is 11.2. The molecule has 192 valence electrons. The van der Waals surface area contributed by atoms with E-state index in [0.717, 1.165) is 22.8 Å². The molecular weight excluding hydrogens is 470 g/mol. The summed E-state index contributed by atoms with van der Waals surface area (Å²) in [5.41, 5.74) is 4.37. The predicted molar refractivity (Wildman–Crippen MR) is 126 cm³/mol. The number of allylic oxidation sites excluding steroid dienone is 1. The molecule has 2 rings (SSSR count). The predicted octanol–water partition coefficient (Wildman–Crippen LogP) is 7.15. The Hall–Kier alpha value is -2.97. The van der Waals surface area contributed by atoms with Crippen LogP contribution in [0.15, 0.2) is 36.4 Å². The van der Waals surface area contributed by atoms with Crippen molar-refractivity contribution in [2.75, 3.05) is 11.9 Å². The first-order valence-corrected chi connectivity index (χ1v) is 11.2. The molecule has 0 aromatic heterocycles. The van der Waals surface area contributed by atoms with Crippen molar-refractivity contribution in [2.45, 2.75) is 65.4 Å². The second kappa shape index (κ2) is 11.2. The summed E-state index contributed by atoms with van der Waals surface area (Å²) in [6.07, 6.45) is -6.23. The standard InChI is InChI=1S/C26H30F6N2O/c1-6-22(24(35)33-14-25(27,28)29)34-23-10-8-19(11-17(23)4)7-9-21(26(30,31)32)20-12-15(2)18(5)16(3)13-20/h7-13,21-22,34H,6,14H2,1-5H3,(H,33,35)/b9-7+. The van der Waals surface area contributed by atoms with Crippen LogP contribution in [0.25, 0.3) is 6.08 Å². The first-order chi connectivity index (χ1) is 16.1. The van der Waals surface area contributed by atoms with Gasteiger partial charge in [-0.1, -0.05) is 37.3 Å². The van der Waals surface area contributed by atoms with Crippen molar-refractivity contribution in [1.29, 1.82) is 0 Å². The Kier molecular flexibility index (Phi) is 9.03. The van der Waals surface area contributed by atoms with Gasteiger partial charge < -0.3 is 10.6 Å². The lowest BCUT2D eigenvalue weighted by atomic mass is 9.91. The van der Waals surface area contributed by atoms with E-state index < -0.39 is 36.8 Å². The summed E-state index contributed by atoms with van der Waals surface area (Å²) in [4.78, 5) is 12.1. The molecule has 0 bridgehead atoms. The van der Waals surface area contributed by atoms with Crippen LogP contribution in [0.5, 0.6) is 0 Å².